The molecule has 0 fully saturated rings. The first-order chi connectivity index (χ1) is 10.6. The van der Waals surface area contributed by atoms with Crippen LogP contribution in [0.15, 0.2) is 49.2 Å². The summed E-state index contributed by atoms with van der Waals surface area (Å²) in [6, 6.07) is 8.18. The van der Waals surface area contributed by atoms with E-state index in [0.717, 1.165) is 17.7 Å². The van der Waals surface area contributed by atoms with E-state index in [1.165, 1.54) is 18.1 Å². The quantitative estimate of drug-likeness (QED) is 0.783. The normalized spacial score (nSPS) is 10.8. The SMILES string of the molecule is Cc1cnn(Cc2ccc(Cn3cnc(C(=O)O)c3)cc2)c1. The highest BCUT2D eigenvalue weighted by Gasteiger charge is 2.06. The zero-order valence-corrected chi connectivity index (χ0v) is 12.2. The fraction of sp³-hybridized carbons (Fsp3) is 0.188. The highest BCUT2D eigenvalue weighted by atomic mass is 16.4. The van der Waals surface area contributed by atoms with Crippen LogP contribution in [0.2, 0.25) is 0 Å². The molecule has 0 aliphatic rings. The fourth-order valence-electron chi connectivity index (χ4n) is 2.26. The first kappa shape index (κ1) is 14.1. The van der Waals surface area contributed by atoms with E-state index in [1.54, 1.807) is 4.57 Å². The second-order valence-electron chi connectivity index (χ2n) is 5.27. The molecule has 112 valence electrons. The molecule has 0 radical (unpaired) electrons. The first-order valence-electron chi connectivity index (χ1n) is 6.92. The number of benzene rings is 1. The highest BCUT2D eigenvalue weighted by Crippen LogP contribution is 2.09. The molecule has 22 heavy (non-hydrogen) atoms. The van der Waals surface area contributed by atoms with E-state index in [0.29, 0.717) is 6.54 Å². The predicted molar refractivity (Wildman–Crippen MR) is 80.8 cm³/mol. The van der Waals surface area contributed by atoms with Crippen LogP contribution in [-0.2, 0) is 13.1 Å². The number of hydrogen-bond acceptors (Lipinski definition) is 3. The van der Waals surface area contributed by atoms with Gasteiger partial charge in [0.25, 0.3) is 0 Å². The Balaban J connectivity index is 1.67. The molecule has 0 aliphatic carbocycles. The molecule has 6 heteroatoms. The van der Waals surface area contributed by atoms with Crippen LogP contribution < -0.4 is 0 Å². The molecule has 0 saturated heterocycles. The number of aromatic carboxylic acids is 1. The van der Waals surface area contributed by atoms with E-state index in [1.807, 2.05) is 36.1 Å². The number of aryl methyl sites for hydroxylation is 1. The minimum atomic E-state index is -1.01. The molecule has 0 bridgehead atoms. The average molecular weight is 296 g/mol. The third-order valence-corrected chi connectivity index (χ3v) is 3.35. The van der Waals surface area contributed by atoms with Gasteiger partial charge in [0.15, 0.2) is 5.69 Å². The Morgan fingerprint density at radius 3 is 2.36 bits per heavy atom. The molecule has 0 atom stereocenters. The second-order valence-corrected chi connectivity index (χ2v) is 5.27. The molecular formula is C16H16N4O2. The number of imidazole rings is 1. The molecule has 3 rings (SSSR count). The number of carboxylic acids is 1. The largest absolute Gasteiger partial charge is 0.476 e. The van der Waals surface area contributed by atoms with Crippen LogP contribution in [0.1, 0.15) is 27.2 Å². The van der Waals surface area contributed by atoms with Gasteiger partial charge in [-0.05, 0) is 23.6 Å². The molecule has 0 saturated carbocycles. The number of aromatic nitrogens is 4. The molecule has 0 aliphatic heterocycles. The summed E-state index contributed by atoms with van der Waals surface area (Å²) in [6.07, 6.45) is 6.91. The lowest BCUT2D eigenvalue weighted by Gasteiger charge is -2.05. The molecule has 2 aromatic heterocycles. The van der Waals surface area contributed by atoms with Gasteiger partial charge in [-0.3, -0.25) is 4.68 Å². The van der Waals surface area contributed by atoms with Crippen molar-refractivity contribution in [2.24, 2.45) is 0 Å². The van der Waals surface area contributed by atoms with Gasteiger partial charge in [-0.25, -0.2) is 9.78 Å². The average Bonchev–Trinajstić information content (AvgIpc) is 3.10. The van der Waals surface area contributed by atoms with Gasteiger partial charge in [0, 0.05) is 18.9 Å². The third-order valence-electron chi connectivity index (χ3n) is 3.35. The van der Waals surface area contributed by atoms with Crippen LogP contribution in [0.3, 0.4) is 0 Å². The monoisotopic (exact) mass is 296 g/mol. The van der Waals surface area contributed by atoms with Gasteiger partial charge < -0.3 is 9.67 Å². The van der Waals surface area contributed by atoms with E-state index < -0.39 is 5.97 Å². The smallest absolute Gasteiger partial charge is 0.356 e. The summed E-state index contributed by atoms with van der Waals surface area (Å²) < 4.78 is 3.66. The van der Waals surface area contributed by atoms with E-state index in [-0.39, 0.29) is 5.69 Å². The van der Waals surface area contributed by atoms with Gasteiger partial charge in [-0.15, -0.1) is 0 Å². The topological polar surface area (TPSA) is 72.9 Å². The summed E-state index contributed by atoms with van der Waals surface area (Å²) in [4.78, 5) is 14.6. The standard InChI is InChI=1S/C16H16N4O2/c1-12-6-18-20(7-12)9-14-4-2-13(3-5-14)8-19-10-15(16(21)22)17-11-19/h2-7,10-11H,8-9H2,1H3,(H,21,22). The Kier molecular flexibility index (Phi) is 3.74. The summed E-state index contributed by atoms with van der Waals surface area (Å²) in [5.41, 5.74) is 3.47. The van der Waals surface area contributed by atoms with E-state index >= 15 is 0 Å². The zero-order valence-electron chi connectivity index (χ0n) is 12.2. The van der Waals surface area contributed by atoms with Crippen LogP contribution in [0.5, 0.6) is 0 Å². The lowest BCUT2D eigenvalue weighted by Crippen LogP contribution is -2.01. The highest BCUT2D eigenvalue weighted by molar-refractivity contribution is 5.84. The Morgan fingerprint density at radius 2 is 1.82 bits per heavy atom. The minimum absolute atomic E-state index is 0.0608. The molecule has 0 amide bonds. The van der Waals surface area contributed by atoms with Crippen molar-refractivity contribution in [1.29, 1.82) is 0 Å². The van der Waals surface area contributed by atoms with Gasteiger partial charge in [0.2, 0.25) is 0 Å². The zero-order chi connectivity index (χ0) is 15.5. The molecule has 3 aromatic rings. The summed E-state index contributed by atoms with van der Waals surface area (Å²) in [5.74, 6) is -1.01. The van der Waals surface area contributed by atoms with Crippen molar-refractivity contribution in [2.75, 3.05) is 0 Å². The maximum Gasteiger partial charge on any atom is 0.356 e. The lowest BCUT2D eigenvalue weighted by atomic mass is 10.1. The van der Waals surface area contributed by atoms with Crippen molar-refractivity contribution in [3.8, 4) is 0 Å². The molecule has 0 spiro atoms. The molecule has 2 heterocycles. The van der Waals surface area contributed by atoms with E-state index in [9.17, 15) is 4.79 Å². The van der Waals surface area contributed by atoms with Gasteiger partial charge in [-0.2, -0.15) is 5.10 Å². The summed E-state index contributed by atoms with van der Waals surface area (Å²) >= 11 is 0. The van der Waals surface area contributed by atoms with Crippen molar-refractivity contribution in [2.45, 2.75) is 20.0 Å². The third kappa shape index (κ3) is 3.22. The van der Waals surface area contributed by atoms with Crippen LogP contribution >= 0.6 is 0 Å². The Labute approximate surface area is 127 Å². The molecule has 1 N–H and O–H groups in total. The number of nitrogens with zero attached hydrogens (tertiary/aromatic N) is 4. The van der Waals surface area contributed by atoms with Crippen molar-refractivity contribution >= 4 is 5.97 Å². The van der Waals surface area contributed by atoms with Gasteiger partial charge in [-0.1, -0.05) is 24.3 Å². The van der Waals surface area contributed by atoms with E-state index in [4.69, 9.17) is 5.11 Å². The number of carboxylic acid groups (broad SMARTS) is 1. The molecule has 0 unspecified atom stereocenters. The number of carbonyl (C=O) groups is 1. The second kappa shape index (κ2) is 5.85. The molecule has 1 aromatic carbocycles. The fourth-order valence-corrected chi connectivity index (χ4v) is 2.26. The van der Waals surface area contributed by atoms with Gasteiger partial charge in [0.1, 0.15) is 0 Å². The maximum absolute atomic E-state index is 10.8. The summed E-state index contributed by atoms with van der Waals surface area (Å²) in [7, 11) is 0. The van der Waals surface area contributed by atoms with Crippen LogP contribution in [-0.4, -0.2) is 30.4 Å². The first-order valence-corrected chi connectivity index (χ1v) is 6.92. The Bertz CT molecular complexity index is 787. The summed E-state index contributed by atoms with van der Waals surface area (Å²) in [6.45, 7) is 3.35. The van der Waals surface area contributed by atoms with Gasteiger partial charge >= 0.3 is 5.97 Å². The molecular weight excluding hydrogens is 280 g/mol. The Hall–Kier alpha value is -2.89. The van der Waals surface area contributed by atoms with Crippen molar-refractivity contribution in [3.63, 3.8) is 0 Å². The van der Waals surface area contributed by atoms with Crippen molar-refractivity contribution < 1.29 is 9.90 Å². The minimum Gasteiger partial charge on any atom is -0.476 e. The van der Waals surface area contributed by atoms with Crippen LogP contribution in [0, 0.1) is 6.92 Å². The van der Waals surface area contributed by atoms with Crippen LogP contribution in [0.25, 0.3) is 0 Å². The van der Waals surface area contributed by atoms with Crippen molar-refractivity contribution in [3.05, 3.63) is 71.6 Å². The van der Waals surface area contributed by atoms with E-state index in [2.05, 4.69) is 22.2 Å². The van der Waals surface area contributed by atoms with Gasteiger partial charge in [0.05, 0.1) is 19.1 Å². The number of rotatable bonds is 5. The summed E-state index contributed by atoms with van der Waals surface area (Å²) in [5, 5.41) is 13.1. The predicted octanol–water partition coefficient (Wildman–Crippen LogP) is 2.18. The van der Waals surface area contributed by atoms with Crippen molar-refractivity contribution in [1.82, 2.24) is 19.3 Å². The Morgan fingerprint density at radius 1 is 1.14 bits per heavy atom. The van der Waals surface area contributed by atoms with Crippen LogP contribution in [0.4, 0.5) is 0 Å². The molecule has 6 nitrogen and oxygen atoms in total. The number of hydrogen-bond donors (Lipinski definition) is 1. The lowest BCUT2D eigenvalue weighted by molar-refractivity contribution is 0.0691. The maximum atomic E-state index is 10.8.